The van der Waals surface area contributed by atoms with Gasteiger partial charge in [-0.15, -0.1) is 10.2 Å². The molecule has 12 heteroatoms. The lowest BCUT2D eigenvalue weighted by atomic mass is 10.2. The van der Waals surface area contributed by atoms with Gasteiger partial charge in [0.2, 0.25) is 0 Å². The van der Waals surface area contributed by atoms with Gasteiger partial charge < -0.3 is 19.0 Å². The summed E-state index contributed by atoms with van der Waals surface area (Å²) >= 11 is 22.5. The number of thioether (sulfide) groups is 1. The van der Waals surface area contributed by atoms with Crippen molar-refractivity contribution in [3.63, 3.8) is 0 Å². The zero-order valence-corrected chi connectivity index (χ0v) is 23.5. The van der Waals surface area contributed by atoms with Gasteiger partial charge in [-0.05, 0) is 81.8 Å². The molecule has 4 rings (SSSR count). The minimum absolute atomic E-state index is 0.0261. The molecule has 0 spiro atoms. The van der Waals surface area contributed by atoms with Crippen molar-refractivity contribution in [2.24, 2.45) is 0 Å². The van der Waals surface area contributed by atoms with E-state index in [9.17, 15) is 9.90 Å². The molecule has 0 saturated carbocycles. The van der Waals surface area contributed by atoms with Crippen LogP contribution in [0.1, 0.15) is 11.1 Å². The minimum Gasteiger partial charge on any atom is -0.496 e. The Hall–Kier alpha value is -2.69. The molecule has 37 heavy (non-hydrogen) atoms. The van der Waals surface area contributed by atoms with Crippen LogP contribution in [0.5, 0.6) is 11.5 Å². The van der Waals surface area contributed by atoms with Gasteiger partial charge in [0.25, 0.3) is 11.1 Å². The highest BCUT2D eigenvalue weighted by Gasteiger charge is 2.18. The van der Waals surface area contributed by atoms with Crippen LogP contribution < -0.4 is 9.47 Å². The first-order valence-electron chi connectivity index (χ1n) is 10.4. The number of ether oxygens (including phenoxy) is 2. The number of carboxylic acid groups (broad SMARTS) is 1. The van der Waals surface area contributed by atoms with E-state index in [1.54, 1.807) is 54.6 Å². The predicted octanol–water partition coefficient (Wildman–Crippen LogP) is 8.26. The number of hydrogen-bond donors (Lipinski definition) is 1. The summed E-state index contributed by atoms with van der Waals surface area (Å²) in [5.74, 6) is 0.0457. The number of halogens is 4. The highest BCUT2D eigenvalue weighted by molar-refractivity contribution is 9.10. The summed E-state index contributed by atoms with van der Waals surface area (Å²) in [6.45, 7) is 0.233. The van der Waals surface area contributed by atoms with Crippen molar-refractivity contribution in [3.8, 4) is 23.0 Å². The van der Waals surface area contributed by atoms with Gasteiger partial charge in [-0.25, -0.2) is 4.79 Å². The Balaban J connectivity index is 1.50. The number of carbonyl (C=O) groups is 1. The molecule has 0 bridgehead atoms. The van der Waals surface area contributed by atoms with Gasteiger partial charge in [0.05, 0.1) is 17.1 Å². The number of carboxylic acids is 1. The molecule has 0 aliphatic carbocycles. The molecule has 0 atom stereocenters. The Labute approximate surface area is 239 Å². The second-order valence-electron chi connectivity index (χ2n) is 7.35. The highest BCUT2D eigenvalue weighted by atomic mass is 79.9. The molecule has 0 aliphatic heterocycles. The van der Waals surface area contributed by atoms with E-state index < -0.39 is 5.97 Å². The highest BCUT2D eigenvalue weighted by Crippen LogP contribution is 2.36. The molecule has 0 aliphatic rings. The van der Waals surface area contributed by atoms with Crippen LogP contribution in [-0.2, 0) is 11.4 Å². The maximum Gasteiger partial charge on any atom is 0.342 e. The number of methoxy groups -OCH3 is 1. The van der Waals surface area contributed by atoms with Crippen molar-refractivity contribution in [1.29, 1.82) is 0 Å². The lowest BCUT2D eigenvalue weighted by molar-refractivity contribution is -0.131. The molecule has 0 unspecified atom stereocenters. The largest absolute Gasteiger partial charge is 0.496 e. The molecule has 0 amide bonds. The van der Waals surface area contributed by atoms with Crippen LogP contribution in [0.25, 0.3) is 17.5 Å². The van der Waals surface area contributed by atoms with Gasteiger partial charge in [0, 0.05) is 20.6 Å². The van der Waals surface area contributed by atoms with Crippen LogP contribution in [-0.4, -0.2) is 28.4 Å². The Morgan fingerprint density at radius 2 is 1.78 bits per heavy atom. The summed E-state index contributed by atoms with van der Waals surface area (Å²) in [6.07, 6.45) is 1.49. The molecular weight excluding hydrogens is 627 g/mol. The summed E-state index contributed by atoms with van der Waals surface area (Å²) in [4.78, 5) is 11.9. The van der Waals surface area contributed by atoms with Crippen LogP contribution in [0.2, 0.25) is 15.1 Å². The second-order valence-corrected chi connectivity index (χ2v) is 10.5. The van der Waals surface area contributed by atoms with Crippen LogP contribution in [0.4, 0.5) is 0 Å². The number of aliphatic carboxylic acids is 1. The third-order valence-electron chi connectivity index (χ3n) is 4.86. The Morgan fingerprint density at radius 1 is 1.05 bits per heavy atom. The molecule has 0 saturated heterocycles. The molecule has 0 fully saturated rings. The zero-order valence-electron chi connectivity index (χ0n) is 18.9. The average molecular weight is 643 g/mol. The van der Waals surface area contributed by atoms with Crippen LogP contribution in [0.3, 0.4) is 0 Å². The van der Waals surface area contributed by atoms with Gasteiger partial charge in [0.15, 0.2) is 0 Å². The third-order valence-corrected chi connectivity index (χ3v) is 7.15. The lowest BCUT2D eigenvalue weighted by Crippen LogP contribution is -1.98. The lowest BCUT2D eigenvalue weighted by Gasteiger charge is -2.10. The summed E-state index contributed by atoms with van der Waals surface area (Å²) in [5.41, 5.74) is 1.89. The monoisotopic (exact) mass is 640 g/mol. The summed E-state index contributed by atoms with van der Waals surface area (Å²) in [5, 5.41) is 19.3. The van der Waals surface area contributed by atoms with Crippen LogP contribution in [0.15, 0.2) is 73.6 Å². The van der Waals surface area contributed by atoms with E-state index in [1.807, 2.05) is 0 Å². The van der Waals surface area contributed by atoms with Gasteiger partial charge in [-0.1, -0.05) is 46.9 Å². The molecule has 3 aromatic carbocycles. The Morgan fingerprint density at radius 3 is 2.49 bits per heavy atom. The first kappa shape index (κ1) is 27.3. The van der Waals surface area contributed by atoms with Crippen molar-refractivity contribution in [2.45, 2.75) is 11.8 Å². The van der Waals surface area contributed by atoms with Crippen LogP contribution in [0, 0.1) is 0 Å². The zero-order chi connectivity index (χ0) is 26.5. The van der Waals surface area contributed by atoms with Crippen molar-refractivity contribution in [2.75, 3.05) is 7.11 Å². The standard InChI is InChI=1S/C25H16BrCl3N2O5S/c1-34-20-7-5-15(27)10-17(20)23-30-31-25(36-23)37-22(24(32)33)9-13-2-6-21(18(26)8-13)35-12-14-3-4-16(28)11-19(14)29/h2-11H,12H2,1H3,(H,32,33)/b22-9-. The van der Waals surface area contributed by atoms with E-state index in [0.29, 0.717) is 42.2 Å². The van der Waals surface area contributed by atoms with E-state index in [-0.39, 0.29) is 22.6 Å². The molecule has 190 valence electrons. The van der Waals surface area contributed by atoms with E-state index in [4.69, 9.17) is 48.7 Å². The molecule has 1 N–H and O–H groups in total. The summed E-state index contributed by atoms with van der Waals surface area (Å²) in [6, 6.07) is 15.3. The first-order valence-corrected chi connectivity index (χ1v) is 13.1. The number of rotatable bonds is 9. The van der Waals surface area contributed by atoms with E-state index in [0.717, 1.165) is 17.3 Å². The SMILES string of the molecule is COc1ccc(Cl)cc1-c1nnc(S/C(=C\c2ccc(OCc3ccc(Cl)cc3Cl)c(Br)c2)C(=O)O)o1. The Bertz CT molecular complexity index is 1500. The van der Waals surface area contributed by atoms with Gasteiger partial charge in [-0.2, -0.15) is 0 Å². The molecular formula is C25H16BrCl3N2O5S. The fraction of sp³-hybridized carbons (Fsp3) is 0.0800. The maximum absolute atomic E-state index is 11.9. The fourth-order valence-corrected chi connectivity index (χ4v) is 4.92. The maximum atomic E-state index is 11.9. The van der Waals surface area contributed by atoms with Crippen LogP contribution >= 0.6 is 62.5 Å². The van der Waals surface area contributed by atoms with E-state index in [2.05, 4.69) is 26.1 Å². The first-order chi connectivity index (χ1) is 17.7. The van der Waals surface area contributed by atoms with E-state index >= 15 is 0 Å². The quantitative estimate of drug-likeness (QED) is 0.144. The normalized spacial score (nSPS) is 11.4. The summed E-state index contributed by atoms with van der Waals surface area (Å²) in [7, 11) is 1.51. The number of aromatic nitrogens is 2. The third kappa shape index (κ3) is 7.00. The van der Waals surface area contributed by atoms with Gasteiger partial charge in [-0.3, -0.25) is 0 Å². The van der Waals surface area contributed by atoms with E-state index in [1.165, 1.54) is 13.2 Å². The van der Waals surface area contributed by atoms with Crippen molar-refractivity contribution < 1.29 is 23.8 Å². The average Bonchev–Trinajstić information content (AvgIpc) is 3.32. The smallest absolute Gasteiger partial charge is 0.342 e. The molecule has 4 aromatic rings. The van der Waals surface area contributed by atoms with Gasteiger partial charge in [0.1, 0.15) is 23.0 Å². The number of nitrogens with zero attached hydrogens (tertiary/aromatic N) is 2. The molecule has 1 aromatic heterocycles. The number of hydrogen-bond acceptors (Lipinski definition) is 7. The molecule has 1 heterocycles. The predicted molar refractivity (Wildman–Crippen MR) is 148 cm³/mol. The molecule has 7 nitrogen and oxygen atoms in total. The summed E-state index contributed by atoms with van der Waals surface area (Å²) < 4.78 is 17.5. The Kier molecular flexibility index (Phi) is 9.04. The number of benzene rings is 3. The fourth-order valence-electron chi connectivity index (χ4n) is 3.11. The van der Waals surface area contributed by atoms with Crippen molar-refractivity contribution >= 4 is 74.5 Å². The van der Waals surface area contributed by atoms with Gasteiger partial charge >= 0.3 is 5.97 Å². The topological polar surface area (TPSA) is 94.7 Å². The van der Waals surface area contributed by atoms with Crippen molar-refractivity contribution in [1.82, 2.24) is 10.2 Å². The van der Waals surface area contributed by atoms with Crippen molar-refractivity contribution in [3.05, 3.63) is 90.2 Å². The molecule has 0 radical (unpaired) electrons. The second kappa shape index (κ2) is 12.2. The minimum atomic E-state index is -1.15.